The normalized spacial score (nSPS) is 21.9. The van der Waals surface area contributed by atoms with Crippen LogP contribution in [0.2, 0.25) is 0 Å². The lowest BCUT2D eigenvalue weighted by Gasteiger charge is -2.19. The molecular weight excluding hydrogens is 276 g/mol. The number of nitrogens with one attached hydrogen (secondary N) is 2. The van der Waals surface area contributed by atoms with Crippen molar-refractivity contribution >= 4 is 10.0 Å². The van der Waals surface area contributed by atoms with Gasteiger partial charge in [0.1, 0.15) is 5.76 Å². The monoisotopic (exact) mass is 300 g/mol. The maximum atomic E-state index is 12.2. The largest absolute Gasteiger partial charge is 0.447 e. The lowest BCUT2D eigenvalue weighted by atomic mass is 10.1. The van der Waals surface area contributed by atoms with Gasteiger partial charge in [0.25, 0.3) is 10.0 Å². The molecule has 1 heterocycles. The molecular formula is C14H24N2O3S. The van der Waals surface area contributed by atoms with Crippen molar-refractivity contribution in [3.63, 3.8) is 0 Å². The summed E-state index contributed by atoms with van der Waals surface area (Å²) in [6, 6.07) is 3.22. The molecule has 20 heavy (non-hydrogen) atoms. The number of hydrogen-bond acceptors (Lipinski definition) is 4. The van der Waals surface area contributed by atoms with Crippen LogP contribution >= 0.6 is 0 Å². The van der Waals surface area contributed by atoms with Crippen LogP contribution < -0.4 is 10.0 Å². The van der Waals surface area contributed by atoms with Gasteiger partial charge in [0, 0.05) is 11.6 Å². The van der Waals surface area contributed by atoms with Crippen LogP contribution in [0.25, 0.3) is 0 Å². The highest BCUT2D eigenvalue weighted by molar-refractivity contribution is 7.89. The Kier molecular flexibility index (Phi) is 3.77. The van der Waals surface area contributed by atoms with Crippen LogP contribution in [-0.2, 0) is 16.6 Å². The van der Waals surface area contributed by atoms with E-state index in [0.29, 0.717) is 12.3 Å². The van der Waals surface area contributed by atoms with E-state index in [1.807, 2.05) is 34.6 Å². The average molecular weight is 300 g/mol. The molecule has 1 unspecified atom stereocenters. The maximum absolute atomic E-state index is 12.2. The predicted molar refractivity (Wildman–Crippen MR) is 77.8 cm³/mol. The number of furan rings is 1. The van der Waals surface area contributed by atoms with Gasteiger partial charge < -0.3 is 9.73 Å². The fraction of sp³-hybridized carbons (Fsp3) is 0.714. The first kappa shape index (κ1) is 15.5. The molecule has 1 aliphatic carbocycles. The predicted octanol–water partition coefficient (Wildman–Crippen LogP) is 2.24. The molecule has 114 valence electrons. The van der Waals surface area contributed by atoms with Gasteiger partial charge in [-0.1, -0.05) is 13.8 Å². The zero-order valence-corrected chi connectivity index (χ0v) is 13.6. The second-order valence-corrected chi connectivity index (χ2v) is 8.84. The Hall–Kier alpha value is -0.850. The van der Waals surface area contributed by atoms with E-state index >= 15 is 0 Å². The minimum Gasteiger partial charge on any atom is -0.447 e. The molecule has 1 aromatic heterocycles. The molecule has 6 heteroatoms. The molecule has 2 N–H and O–H groups in total. The molecule has 0 radical (unpaired) electrons. The third-order valence-electron chi connectivity index (χ3n) is 3.51. The van der Waals surface area contributed by atoms with Gasteiger partial charge in [-0.2, -0.15) is 0 Å². The Morgan fingerprint density at radius 2 is 1.95 bits per heavy atom. The quantitative estimate of drug-likeness (QED) is 0.875. The van der Waals surface area contributed by atoms with E-state index < -0.39 is 10.0 Å². The third-order valence-corrected chi connectivity index (χ3v) is 4.85. The molecule has 1 atom stereocenters. The van der Waals surface area contributed by atoms with Crippen LogP contribution in [0.5, 0.6) is 0 Å². The van der Waals surface area contributed by atoms with E-state index in [2.05, 4.69) is 10.0 Å². The molecule has 1 aliphatic rings. The molecule has 2 rings (SSSR count). The van der Waals surface area contributed by atoms with Crippen molar-refractivity contribution in [2.24, 2.45) is 5.41 Å². The zero-order valence-electron chi connectivity index (χ0n) is 12.8. The van der Waals surface area contributed by atoms with E-state index in [1.54, 1.807) is 6.07 Å². The summed E-state index contributed by atoms with van der Waals surface area (Å²) in [5.74, 6) is 0.621. The van der Waals surface area contributed by atoms with Crippen molar-refractivity contribution in [2.75, 3.05) is 0 Å². The average Bonchev–Trinajstić information content (AvgIpc) is 2.73. The van der Waals surface area contributed by atoms with Gasteiger partial charge in [0.05, 0.1) is 6.54 Å². The summed E-state index contributed by atoms with van der Waals surface area (Å²) in [7, 11) is -3.55. The zero-order chi connectivity index (χ0) is 15.2. The molecule has 0 saturated heterocycles. The van der Waals surface area contributed by atoms with Crippen molar-refractivity contribution in [3.05, 3.63) is 17.9 Å². The highest BCUT2D eigenvalue weighted by Crippen LogP contribution is 2.45. The topological polar surface area (TPSA) is 71.3 Å². The third kappa shape index (κ3) is 3.84. The highest BCUT2D eigenvalue weighted by atomic mass is 32.2. The van der Waals surface area contributed by atoms with Crippen molar-refractivity contribution in [1.29, 1.82) is 0 Å². The van der Waals surface area contributed by atoms with Crippen molar-refractivity contribution in [1.82, 2.24) is 10.0 Å². The summed E-state index contributed by atoms with van der Waals surface area (Å²) in [6.07, 6.45) is 0.866. The molecule has 0 aliphatic heterocycles. The van der Waals surface area contributed by atoms with Crippen LogP contribution in [0.3, 0.4) is 0 Å². The first-order valence-electron chi connectivity index (χ1n) is 6.86. The van der Waals surface area contributed by atoms with E-state index in [1.165, 1.54) is 6.07 Å². The molecule has 0 bridgehead atoms. The molecule has 1 fully saturated rings. The van der Waals surface area contributed by atoms with E-state index in [-0.39, 0.29) is 22.1 Å². The van der Waals surface area contributed by atoms with Crippen LogP contribution in [0.1, 0.15) is 46.8 Å². The van der Waals surface area contributed by atoms with E-state index in [0.717, 1.165) is 6.42 Å². The summed E-state index contributed by atoms with van der Waals surface area (Å²) in [5, 5.41) is 3.25. The van der Waals surface area contributed by atoms with Gasteiger partial charge in [-0.05, 0) is 44.7 Å². The SMILES string of the molecule is CC(C)(C)NCc1ccc(S(=O)(=O)NC2CC2(C)C)o1. The Morgan fingerprint density at radius 3 is 2.45 bits per heavy atom. The molecule has 0 aromatic carbocycles. The standard InChI is InChI=1S/C14H24N2O3S/c1-13(2,3)15-9-10-6-7-12(19-10)20(17,18)16-11-8-14(11,4)5/h6-7,11,15-16H,8-9H2,1-5H3. The van der Waals surface area contributed by atoms with Gasteiger partial charge in [-0.15, -0.1) is 0 Å². The molecule has 1 saturated carbocycles. The van der Waals surface area contributed by atoms with Crippen LogP contribution in [0, 0.1) is 5.41 Å². The minimum absolute atomic E-state index is 0.00810. The minimum atomic E-state index is -3.55. The first-order chi connectivity index (χ1) is 9.00. The lowest BCUT2D eigenvalue weighted by Crippen LogP contribution is -2.34. The highest BCUT2D eigenvalue weighted by Gasteiger charge is 2.48. The van der Waals surface area contributed by atoms with Gasteiger partial charge in [-0.25, -0.2) is 13.1 Å². The number of hydrogen-bond donors (Lipinski definition) is 2. The van der Waals surface area contributed by atoms with Gasteiger partial charge >= 0.3 is 0 Å². The van der Waals surface area contributed by atoms with Crippen LogP contribution in [0.15, 0.2) is 21.6 Å². The van der Waals surface area contributed by atoms with Gasteiger partial charge in [0.2, 0.25) is 5.09 Å². The Labute approximate surface area is 121 Å². The molecule has 1 aromatic rings. The molecule has 5 nitrogen and oxygen atoms in total. The van der Waals surface area contributed by atoms with Gasteiger partial charge in [0.15, 0.2) is 0 Å². The summed E-state index contributed by atoms with van der Waals surface area (Å²) in [4.78, 5) is 0. The second-order valence-electron chi connectivity index (χ2n) is 7.19. The summed E-state index contributed by atoms with van der Waals surface area (Å²) in [6.45, 7) is 10.7. The van der Waals surface area contributed by atoms with Crippen LogP contribution in [0.4, 0.5) is 0 Å². The van der Waals surface area contributed by atoms with E-state index in [4.69, 9.17) is 4.42 Å². The van der Waals surface area contributed by atoms with Crippen LogP contribution in [-0.4, -0.2) is 20.0 Å². The second kappa shape index (κ2) is 4.86. The summed E-state index contributed by atoms with van der Waals surface area (Å²) < 4.78 is 32.4. The number of rotatable bonds is 5. The Bertz CT molecular complexity index is 582. The Balaban J connectivity index is 2.01. The number of sulfonamides is 1. The van der Waals surface area contributed by atoms with Gasteiger partial charge in [-0.3, -0.25) is 0 Å². The Morgan fingerprint density at radius 1 is 1.35 bits per heavy atom. The smallest absolute Gasteiger partial charge is 0.274 e. The lowest BCUT2D eigenvalue weighted by molar-refractivity contribution is 0.359. The molecule has 0 amide bonds. The summed E-state index contributed by atoms with van der Waals surface area (Å²) in [5.41, 5.74) is 0.0123. The fourth-order valence-corrected chi connectivity index (χ4v) is 3.22. The maximum Gasteiger partial charge on any atom is 0.274 e. The fourth-order valence-electron chi connectivity index (χ4n) is 1.86. The van der Waals surface area contributed by atoms with Crippen molar-refractivity contribution < 1.29 is 12.8 Å². The van der Waals surface area contributed by atoms with Crippen molar-refractivity contribution in [2.45, 2.75) is 64.3 Å². The molecule has 0 spiro atoms. The van der Waals surface area contributed by atoms with E-state index in [9.17, 15) is 8.42 Å². The first-order valence-corrected chi connectivity index (χ1v) is 8.34. The summed E-state index contributed by atoms with van der Waals surface area (Å²) >= 11 is 0. The van der Waals surface area contributed by atoms with Crippen molar-refractivity contribution in [3.8, 4) is 0 Å².